The number of hydrogen-bond acceptors (Lipinski definition) is 3. The van der Waals surface area contributed by atoms with E-state index in [1.165, 1.54) is 0 Å². The first-order chi connectivity index (χ1) is 5.81. The largest absolute Gasteiger partial charge is 0.356 e. The van der Waals surface area contributed by atoms with Gasteiger partial charge in [-0.25, -0.2) is 0 Å². The number of amides is 1. The Kier molecular flexibility index (Phi) is 7.58. The summed E-state index contributed by atoms with van der Waals surface area (Å²) in [6.07, 6.45) is 3.16. The molecule has 0 aromatic carbocycles. The minimum atomic E-state index is 0.00491. The fraction of sp³-hybridized carbons (Fsp3) is 0.750. The van der Waals surface area contributed by atoms with Gasteiger partial charge in [-0.2, -0.15) is 0 Å². The van der Waals surface area contributed by atoms with Crippen LogP contribution >= 0.6 is 0 Å². The van der Waals surface area contributed by atoms with Crippen molar-refractivity contribution in [2.45, 2.75) is 25.7 Å². The van der Waals surface area contributed by atoms with Crippen molar-refractivity contribution in [3.63, 3.8) is 0 Å². The van der Waals surface area contributed by atoms with Gasteiger partial charge in [0.25, 0.3) is 0 Å². The lowest BCUT2D eigenvalue weighted by Crippen LogP contribution is -2.25. The van der Waals surface area contributed by atoms with Crippen molar-refractivity contribution in [2.24, 2.45) is 5.73 Å². The fourth-order valence-corrected chi connectivity index (χ4v) is 0.764. The first kappa shape index (κ1) is 11.1. The average molecular weight is 172 g/mol. The molecule has 0 saturated heterocycles. The molecule has 0 bridgehead atoms. The second-order valence-corrected chi connectivity index (χ2v) is 2.55. The number of aldehydes is 1. The van der Waals surface area contributed by atoms with Gasteiger partial charge in [0.1, 0.15) is 6.29 Å². The molecule has 3 N–H and O–H groups in total. The molecule has 0 atom stereocenters. The molecule has 0 aromatic heterocycles. The molecule has 12 heavy (non-hydrogen) atoms. The van der Waals surface area contributed by atoms with Gasteiger partial charge in [0.05, 0.1) is 0 Å². The second-order valence-electron chi connectivity index (χ2n) is 2.55. The maximum atomic E-state index is 10.9. The maximum absolute atomic E-state index is 10.9. The van der Waals surface area contributed by atoms with E-state index in [0.29, 0.717) is 32.4 Å². The molecule has 1 amide bonds. The lowest BCUT2D eigenvalue weighted by molar-refractivity contribution is -0.121. The van der Waals surface area contributed by atoms with Gasteiger partial charge in [-0.3, -0.25) is 4.79 Å². The quantitative estimate of drug-likeness (QED) is 0.413. The third-order valence-electron chi connectivity index (χ3n) is 1.43. The van der Waals surface area contributed by atoms with E-state index >= 15 is 0 Å². The molecule has 4 heteroatoms. The summed E-state index contributed by atoms with van der Waals surface area (Å²) in [5.74, 6) is 0.00491. The zero-order valence-electron chi connectivity index (χ0n) is 7.21. The average Bonchev–Trinajstić information content (AvgIpc) is 2.06. The van der Waals surface area contributed by atoms with Gasteiger partial charge in [0, 0.05) is 19.4 Å². The Balaban J connectivity index is 3.15. The summed E-state index contributed by atoms with van der Waals surface area (Å²) in [6, 6.07) is 0. The van der Waals surface area contributed by atoms with Crippen molar-refractivity contribution in [2.75, 3.05) is 13.1 Å². The zero-order valence-corrected chi connectivity index (χ0v) is 7.21. The molecule has 4 nitrogen and oxygen atoms in total. The number of rotatable bonds is 7. The van der Waals surface area contributed by atoms with Crippen LogP contribution in [0.1, 0.15) is 25.7 Å². The summed E-state index contributed by atoms with van der Waals surface area (Å²) in [6.45, 7) is 1.23. The molecule has 0 saturated carbocycles. The van der Waals surface area contributed by atoms with E-state index < -0.39 is 0 Å². The molecule has 0 heterocycles. The zero-order chi connectivity index (χ0) is 9.23. The van der Waals surface area contributed by atoms with E-state index in [9.17, 15) is 9.59 Å². The van der Waals surface area contributed by atoms with Gasteiger partial charge in [-0.05, 0) is 19.4 Å². The summed E-state index contributed by atoms with van der Waals surface area (Å²) in [4.78, 5) is 20.8. The number of hydrogen-bond donors (Lipinski definition) is 2. The van der Waals surface area contributed by atoms with Crippen molar-refractivity contribution in [1.82, 2.24) is 5.32 Å². The number of unbranched alkanes of at least 4 members (excludes halogenated alkanes) is 1. The Morgan fingerprint density at radius 3 is 2.75 bits per heavy atom. The smallest absolute Gasteiger partial charge is 0.220 e. The van der Waals surface area contributed by atoms with E-state index in [4.69, 9.17) is 5.73 Å². The lowest BCUT2D eigenvalue weighted by atomic mass is 10.2. The van der Waals surface area contributed by atoms with Gasteiger partial charge in [-0.1, -0.05) is 0 Å². The molecule has 70 valence electrons. The van der Waals surface area contributed by atoms with Crippen molar-refractivity contribution >= 4 is 12.2 Å². The molecule has 0 rings (SSSR count). The van der Waals surface area contributed by atoms with Crippen LogP contribution in [0.4, 0.5) is 0 Å². The molecule has 0 aliphatic rings. The minimum Gasteiger partial charge on any atom is -0.356 e. The number of carbonyl (C=O) groups is 2. The van der Waals surface area contributed by atoms with Crippen LogP contribution < -0.4 is 11.1 Å². The molecule has 0 fully saturated rings. The van der Waals surface area contributed by atoms with E-state index in [-0.39, 0.29) is 5.91 Å². The van der Waals surface area contributed by atoms with Gasteiger partial charge in [-0.15, -0.1) is 0 Å². The van der Waals surface area contributed by atoms with Gasteiger partial charge >= 0.3 is 0 Å². The fourth-order valence-electron chi connectivity index (χ4n) is 0.764. The standard InChI is InChI=1S/C8H16N2O2/c9-5-3-6-10-8(12)4-1-2-7-11/h7H,1-6,9H2,(H,10,12). The molecular weight excluding hydrogens is 156 g/mol. The first-order valence-corrected chi connectivity index (χ1v) is 4.21. The molecule has 0 spiro atoms. The van der Waals surface area contributed by atoms with Crippen LogP contribution in [0.3, 0.4) is 0 Å². The highest BCUT2D eigenvalue weighted by Crippen LogP contribution is 1.91. The Morgan fingerprint density at radius 2 is 2.17 bits per heavy atom. The Labute approximate surface area is 72.5 Å². The van der Waals surface area contributed by atoms with Crippen LogP contribution in [0.15, 0.2) is 0 Å². The van der Waals surface area contributed by atoms with Crippen molar-refractivity contribution in [1.29, 1.82) is 0 Å². The van der Waals surface area contributed by atoms with Crippen LogP contribution in [-0.4, -0.2) is 25.3 Å². The topological polar surface area (TPSA) is 72.2 Å². The monoisotopic (exact) mass is 172 g/mol. The summed E-state index contributed by atoms with van der Waals surface area (Å²) < 4.78 is 0. The highest BCUT2D eigenvalue weighted by atomic mass is 16.1. The van der Waals surface area contributed by atoms with Crippen LogP contribution in [0.5, 0.6) is 0 Å². The van der Waals surface area contributed by atoms with E-state index in [1.54, 1.807) is 0 Å². The molecule has 0 aliphatic heterocycles. The predicted molar refractivity (Wildman–Crippen MR) is 46.6 cm³/mol. The normalized spacial score (nSPS) is 9.42. The van der Waals surface area contributed by atoms with Gasteiger partial charge < -0.3 is 15.8 Å². The number of nitrogens with two attached hydrogens (primary N) is 1. The summed E-state index contributed by atoms with van der Waals surface area (Å²) in [5, 5.41) is 2.71. The number of carbonyl (C=O) groups excluding carboxylic acids is 2. The Morgan fingerprint density at radius 1 is 1.42 bits per heavy atom. The minimum absolute atomic E-state index is 0.00491. The van der Waals surface area contributed by atoms with Crippen LogP contribution in [0.25, 0.3) is 0 Å². The molecule has 0 unspecified atom stereocenters. The third kappa shape index (κ3) is 7.21. The highest BCUT2D eigenvalue weighted by Gasteiger charge is 1.98. The molecule has 0 radical (unpaired) electrons. The SMILES string of the molecule is NCCCNC(=O)CCCC=O. The summed E-state index contributed by atoms with van der Waals surface area (Å²) in [7, 11) is 0. The van der Waals surface area contributed by atoms with Crippen LogP contribution in [0.2, 0.25) is 0 Å². The summed E-state index contributed by atoms with van der Waals surface area (Å²) >= 11 is 0. The first-order valence-electron chi connectivity index (χ1n) is 4.21. The van der Waals surface area contributed by atoms with Gasteiger partial charge in [0.2, 0.25) is 5.91 Å². The van der Waals surface area contributed by atoms with Crippen LogP contribution in [0, 0.1) is 0 Å². The Bertz CT molecular complexity index is 137. The predicted octanol–water partition coefficient (Wildman–Crippen LogP) is -0.179. The van der Waals surface area contributed by atoms with Crippen LogP contribution in [-0.2, 0) is 9.59 Å². The van der Waals surface area contributed by atoms with E-state index in [0.717, 1.165) is 12.7 Å². The third-order valence-corrected chi connectivity index (χ3v) is 1.43. The maximum Gasteiger partial charge on any atom is 0.220 e. The summed E-state index contributed by atoms with van der Waals surface area (Å²) in [5.41, 5.74) is 5.24. The van der Waals surface area contributed by atoms with E-state index in [1.807, 2.05) is 0 Å². The molecular formula is C8H16N2O2. The van der Waals surface area contributed by atoms with Crippen molar-refractivity contribution in [3.8, 4) is 0 Å². The number of nitrogens with one attached hydrogen (secondary N) is 1. The molecule has 0 aromatic rings. The highest BCUT2D eigenvalue weighted by molar-refractivity contribution is 5.76. The van der Waals surface area contributed by atoms with E-state index in [2.05, 4.69) is 5.32 Å². The van der Waals surface area contributed by atoms with Gasteiger partial charge in [0.15, 0.2) is 0 Å². The molecule has 0 aliphatic carbocycles. The second kappa shape index (κ2) is 8.20. The lowest BCUT2D eigenvalue weighted by Gasteiger charge is -2.01. The van der Waals surface area contributed by atoms with Crippen molar-refractivity contribution in [3.05, 3.63) is 0 Å². The van der Waals surface area contributed by atoms with Crippen molar-refractivity contribution < 1.29 is 9.59 Å². The Hall–Kier alpha value is -0.900.